The van der Waals surface area contributed by atoms with E-state index in [4.69, 9.17) is 4.74 Å². The van der Waals surface area contributed by atoms with E-state index >= 15 is 0 Å². The molecule has 0 fully saturated rings. The first-order chi connectivity index (χ1) is 10.8. The fourth-order valence-electron chi connectivity index (χ4n) is 2.13. The van der Waals surface area contributed by atoms with Crippen molar-refractivity contribution in [1.29, 1.82) is 5.26 Å². The van der Waals surface area contributed by atoms with Crippen LogP contribution < -0.4 is 5.32 Å². The second-order valence-electron chi connectivity index (χ2n) is 4.77. The van der Waals surface area contributed by atoms with Crippen LogP contribution in [0.5, 0.6) is 0 Å². The summed E-state index contributed by atoms with van der Waals surface area (Å²) in [7, 11) is 0. The Bertz CT molecular complexity index is 710. The number of aromatic amines is 1. The lowest BCUT2D eigenvalue weighted by Gasteiger charge is -2.04. The molecule has 1 amide bonds. The first-order valence-corrected chi connectivity index (χ1v) is 7.30. The van der Waals surface area contributed by atoms with Crippen LogP contribution in [-0.2, 0) is 9.53 Å². The fraction of sp³-hybridized carbons (Fsp3) is 0.294. The van der Waals surface area contributed by atoms with E-state index in [-0.39, 0.29) is 11.5 Å². The van der Waals surface area contributed by atoms with E-state index in [0.29, 0.717) is 19.8 Å². The predicted octanol–water partition coefficient (Wildman–Crippen LogP) is 2.62. The number of aromatic nitrogens is 1. The van der Waals surface area contributed by atoms with Gasteiger partial charge in [0.25, 0.3) is 5.91 Å². The molecule has 5 heteroatoms. The maximum Gasteiger partial charge on any atom is 0.261 e. The van der Waals surface area contributed by atoms with Crippen LogP contribution >= 0.6 is 0 Å². The number of nitriles is 1. The van der Waals surface area contributed by atoms with Crippen LogP contribution in [0.25, 0.3) is 17.0 Å². The summed E-state index contributed by atoms with van der Waals surface area (Å²) in [6, 6.07) is 9.72. The maximum absolute atomic E-state index is 12.0. The van der Waals surface area contributed by atoms with Gasteiger partial charge in [0.05, 0.1) is 0 Å². The molecule has 0 atom stereocenters. The molecule has 1 aromatic carbocycles. The van der Waals surface area contributed by atoms with Crippen molar-refractivity contribution in [2.75, 3.05) is 19.8 Å². The minimum absolute atomic E-state index is 0.0983. The minimum atomic E-state index is -0.357. The van der Waals surface area contributed by atoms with Crippen LogP contribution in [0.2, 0.25) is 0 Å². The number of rotatable bonds is 7. The molecule has 0 aliphatic rings. The lowest BCUT2D eigenvalue weighted by Crippen LogP contribution is -2.26. The van der Waals surface area contributed by atoms with E-state index in [1.165, 1.54) is 0 Å². The standard InChI is InChI=1S/C17H19N3O2/c1-2-22-9-5-8-19-17(21)13(11-18)10-14-12-20-16-7-4-3-6-15(14)16/h3-4,6-7,10,12,20H,2,5,8-9H2,1H3,(H,19,21)/b13-10-. The second kappa shape index (κ2) is 8.01. The highest BCUT2D eigenvalue weighted by atomic mass is 16.5. The Kier molecular flexibility index (Phi) is 5.75. The Labute approximate surface area is 129 Å². The molecule has 1 aromatic heterocycles. The fourth-order valence-corrected chi connectivity index (χ4v) is 2.13. The number of carbonyl (C=O) groups excluding carboxylic acids is 1. The second-order valence-corrected chi connectivity index (χ2v) is 4.77. The van der Waals surface area contributed by atoms with Gasteiger partial charge < -0.3 is 15.0 Å². The zero-order valence-corrected chi connectivity index (χ0v) is 12.6. The molecule has 1 heterocycles. The van der Waals surface area contributed by atoms with E-state index in [2.05, 4.69) is 10.3 Å². The Morgan fingerprint density at radius 2 is 2.27 bits per heavy atom. The van der Waals surface area contributed by atoms with Gasteiger partial charge >= 0.3 is 0 Å². The molecule has 0 saturated carbocycles. The number of hydrogen-bond acceptors (Lipinski definition) is 3. The number of nitrogens with one attached hydrogen (secondary N) is 2. The highest BCUT2D eigenvalue weighted by Gasteiger charge is 2.10. The minimum Gasteiger partial charge on any atom is -0.382 e. The number of nitrogens with zero attached hydrogens (tertiary/aromatic N) is 1. The van der Waals surface area contributed by atoms with Crippen molar-refractivity contribution in [1.82, 2.24) is 10.3 Å². The molecule has 0 spiro atoms. The Morgan fingerprint density at radius 3 is 3.05 bits per heavy atom. The van der Waals surface area contributed by atoms with E-state index in [1.54, 1.807) is 12.3 Å². The molecule has 2 N–H and O–H groups in total. The van der Waals surface area contributed by atoms with Gasteiger partial charge in [0, 0.05) is 42.4 Å². The summed E-state index contributed by atoms with van der Waals surface area (Å²) in [5, 5.41) is 12.9. The first-order valence-electron chi connectivity index (χ1n) is 7.30. The summed E-state index contributed by atoms with van der Waals surface area (Å²) in [4.78, 5) is 15.1. The molecule has 22 heavy (non-hydrogen) atoms. The van der Waals surface area contributed by atoms with Crippen LogP contribution in [0.4, 0.5) is 0 Å². The van der Waals surface area contributed by atoms with Gasteiger partial charge in [-0.05, 0) is 25.5 Å². The summed E-state index contributed by atoms with van der Waals surface area (Å²) < 4.78 is 5.20. The summed E-state index contributed by atoms with van der Waals surface area (Å²) in [6.07, 6.45) is 4.13. The molecule has 114 valence electrons. The number of benzene rings is 1. The number of carbonyl (C=O) groups is 1. The summed E-state index contributed by atoms with van der Waals surface area (Å²) in [5.41, 5.74) is 1.90. The van der Waals surface area contributed by atoms with Gasteiger partial charge in [-0.3, -0.25) is 4.79 Å². The molecular weight excluding hydrogens is 278 g/mol. The Morgan fingerprint density at radius 1 is 1.45 bits per heavy atom. The zero-order chi connectivity index (χ0) is 15.8. The quantitative estimate of drug-likeness (QED) is 0.468. The topological polar surface area (TPSA) is 77.9 Å². The van der Waals surface area contributed by atoms with Crippen molar-refractivity contribution in [3.05, 3.63) is 41.6 Å². The number of ether oxygens (including phenoxy) is 1. The largest absolute Gasteiger partial charge is 0.382 e. The lowest BCUT2D eigenvalue weighted by atomic mass is 10.1. The first kappa shape index (κ1) is 15.8. The third-order valence-electron chi connectivity index (χ3n) is 3.24. The number of amides is 1. The van der Waals surface area contributed by atoms with Crippen LogP contribution in [0, 0.1) is 11.3 Å². The van der Waals surface area contributed by atoms with E-state index < -0.39 is 0 Å². The number of hydrogen-bond donors (Lipinski definition) is 2. The van der Waals surface area contributed by atoms with Crippen molar-refractivity contribution in [3.63, 3.8) is 0 Å². The van der Waals surface area contributed by atoms with Crippen LogP contribution in [-0.4, -0.2) is 30.6 Å². The van der Waals surface area contributed by atoms with Crippen molar-refractivity contribution in [3.8, 4) is 6.07 Å². The molecular formula is C17H19N3O2. The van der Waals surface area contributed by atoms with Crippen LogP contribution in [0.3, 0.4) is 0 Å². The average molecular weight is 297 g/mol. The SMILES string of the molecule is CCOCCCNC(=O)/C(C#N)=C\c1c[nH]c2ccccc12. The summed E-state index contributed by atoms with van der Waals surface area (Å²) in [6.45, 7) is 3.69. The molecule has 0 aliphatic carbocycles. The molecule has 2 rings (SSSR count). The smallest absolute Gasteiger partial charge is 0.261 e. The van der Waals surface area contributed by atoms with Crippen LogP contribution in [0.1, 0.15) is 18.9 Å². The van der Waals surface area contributed by atoms with Crippen molar-refractivity contribution >= 4 is 22.9 Å². The highest BCUT2D eigenvalue weighted by molar-refractivity contribution is 6.03. The van der Waals surface area contributed by atoms with Gasteiger partial charge in [-0.2, -0.15) is 5.26 Å². The Hall–Kier alpha value is -2.58. The lowest BCUT2D eigenvalue weighted by molar-refractivity contribution is -0.117. The molecule has 0 aliphatic heterocycles. The van der Waals surface area contributed by atoms with Crippen molar-refractivity contribution in [2.45, 2.75) is 13.3 Å². The summed E-state index contributed by atoms with van der Waals surface area (Å²) >= 11 is 0. The van der Waals surface area contributed by atoms with Gasteiger partial charge in [0.1, 0.15) is 11.6 Å². The molecule has 0 bridgehead atoms. The highest BCUT2D eigenvalue weighted by Crippen LogP contribution is 2.20. The number of H-pyrrole nitrogens is 1. The van der Waals surface area contributed by atoms with E-state index in [1.807, 2.05) is 37.3 Å². The van der Waals surface area contributed by atoms with Crippen LogP contribution in [0.15, 0.2) is 36.0 Å². The number of para-hydroxylation sites is 1. The molecule has 0 unspecified atom stereocenters. The summed E-state index contributed by atoms with van der Waals surface area (Å²) in [5.74, 6) is -0.357. The normalized spacial score (nSPS) is 11.4. The maximum atomic E-state index is 12.0. The predicted molar refractivity (Wildman–Crippen MR) is 86.0 cm³/mol. The van der Waals surface area contributed by atoms with Crippen molar-refractivity contribution in [2.24, 2.45) is 0 Å². The number of fused-ring (bicyclic) bond motifs is 1. The van der Waals surface area contributed by atoms with Gasteiger partial charge in [-0.15, -0.1) is 0 Å². The molecule has 2 aromatic rings. The molecule has 0 saturated heterocycles. The van der Waals surface area contributed by atoms with Gasteiger partial charge in [-0.25, -0.2) is 0 Å². The third kappa shape index (κ3) is 3.96. The Balaban J connectivity index is 2.04. The molecule has 5 nitrogen and oxygen atoms in total. The van der Waals surface area contributed by atoms with Crippen molar-refractivity contribution < 1.29 is 9.53 Å². The van der Waals surface area contributed by atoms with E-state index in [9.17, 15) is 10.1 Å². The average Bonchev–Trinajstić information content (AvgIpc) is 2.95. The monoisotopic (exact) mass is 297 g/mol. The third-order valence-corrected chi connectivity index (χ3v) is 3.24. The van der Waals surface area contributed by atoms with Gasteiger partial charge in [0.15, 0.2) is 0 Å². The van der Waals surface area contributed by atoms with Gasteiger partial charge in [-0.1, -0.05) is 18.2 Å². The molecule has 0 radical (unpaired) electrons. The van der Waals surface area contributed by atoms with Gasteiger partial charge in [0.2, 0.25) is 0 Å². The zero-order valence-electron chi connectivity index (χ0n) is 12.6. The van der Waals surface area contributed by atoms with E-state index in [0.717, 1.165) is 22.9 Å².